The Morgan fingerprint density at radius 1 is 1.31 bits per heavy atom. The lowest BCUT2D eigenvalue weighted by atomic mass is 9.97. The number of pyridine rings is 1. The smallest absolute Gasteiger partial charge is 0.329 e. The van der Waals surface area contributed by atoms with E-state index in [0.29, 0.717) is 42.5 Å². The van der Waals surface area contributed by atoms with Gasteiger partial charge in [-0.15, -0.1) is 0 Å². The van der Waals surface area contributed by atoms with Crippen molar-refractivity contribution in [1.82, 2.24) is 19.4 Å². The van der Waals surface area contributed by atoms with E-state index in [4.69, 9.17) is 0 Å². The number of carbonyl (C=O) groups excluding carboxylic acids is 1. The molecule has 2 aromatic rings. The summed E-state index contributed by atoms with van der Waals surface area (Å²) in [6.07, 6.45) is 1.92. The van der Waals surface area contributed by atoms with Crippen molar-refractivity contribution in [1.29, 1.82) is 0 Å². The molecule has 1 fully saturated rings. The highest BCUT2D eigenvalue weighted by Crippen LogP contribution is 2.23. The molecule has 3 heterocycles. The van der Waals surface area contributed by atoms with E-state index in [9.17, 15) is 14.4 Å². The van der Waals surface area contributed by atoms with Gasteiger partial charge in [-0.1, -0.05) is 20.8 Å². The number of aromatic amines is 1. The Hall–Kier alpha value is -2.44. The van der Waals surface area contributed by atoms with Gasteiger partial charge >= 0.3 is 5.69 Å². The van der Waals surface area contributed by atoms with Crippen molar-refractivity contribution in [2.75, 3.05) is 13.1 Å². The monoisotopic (exact) mass is 358 g/mol. The summed E-state index contributed by atoms with van der Waals surface area (Å²) in [5.41, 5.74) is 0.297. The minimum atomic E-state index is -0.550. The number of amides is 1. The quantitative estimate of drug-likeness (QED) is 0.910. The largest absolute Gasteiger partial charge is 0.339 e. The molecule has 1 N–H and O–H groups in total. The SMILES string of the molecule is CCn1c(=O)[nH]c(=O)c2c(C(=O)N3CCC(C)CC3)cc(C(C)C)nc21. The number of piperidine rings is 1. The molecule has 2 aromatic heterocycles. The number of carbonyl (C=O) groups is 1. The van der Waals surface area contributed by atoms with Gasteiger partial charge in [-0.2, -0.15) is 0 Å². The van der Waals surface area contributed by atoms with Gasteiger partial charge in [0, 0.05) is 25.3 Å². The molecule has 1 saturated heterocycles. The van der Waals surface area contributed by atoms with E-state index in [0.717, 1.165) is 12.8 Å². The zero-order chi connectivity index (χ0) is 19.0. The molecular formula is C19H26N4O3. The van der Waals surface area contributed by atoms with Gasteiger partial charge in [0.15, 0.2) is 5.65 Å². The van der Waals surface area contributed by atoms with Crippen LogP contribution in [-0.4, -0.2) is 38.4 Å². The van der Waals surface area contributed by atoms with Crippen LogP contribution in [0.2, 0.25) is 0 Å². The number of aromatic nitrogens is 3. The maximum absolute atomic E-state index is 13.2. The third-order valence-electron chi connectivity index (χ3n) is 5.18. The summed E-state index contributed by atoms with van der Waals surface area (Å²) in [5.74, 6) is 0.526. The van der Waals surface area contributed by atoms with Crippen LogP contribution in [-0.2, 0) is 6.54 Å². The molecule has 0 unspecified atom stereocenters. The van der Waals surface area contributed by atoms with Crippen molar-refractivity contribution >= 4 is 16.9 Å². The van der Waals surface area contributed by atoms with Crippen molar-refractivity contribution in [3.63, 3.8) is 0 Å². The summed E-state index contributed by atoms with van der Waals surface area (Å²) in [6.45, 7) is 9.70. The van der Waals surface area contributed by atoms with Gasteiger partial charge < -0.3 is 4.90 Å². The van der Waals surface area contributed by atoms with Crippen LogP contribution in [0.1, 0.15) is 62.5 Å². The summed E-state index contributed by atoms with van der Waals surface area (Å²) in [6, 6.07) is 1.72. The Labute approximate surface area is 152 Å². The first-order chi connectivity index (χ1) is 12.3. The highest BCUT2D eigenvalue weighted by molar-refractivity contribution is 6.05. The molecule has 1 aliphatic rings. The number of aryl methyl sites for hydroxylation is 1. The Balaban J connectivity index is 2.25. The minimum absolute atomic E-state index is 0.0759. The predicted octanol–water partition coefficient (Wildman–Crippen LogP) is 2.10. The summed E-state index contributed by atoms with van der Waals surface area (Å²) in [7, 11) is 0. The number of fused-ring (bicyclic) bond motifs is 1. The number of hydrogen-bond donors (Lipinski definition) is 1. The van der Waals surface area contributed by atoms with E-state index < -0.39 is 11.2 Å². The molecule has 26 heavy (non-hydrogen) atoms. The fourth-order valence-corrected chi connectivity index (χ4v) is 3.43. The van der Waals surface area contributed by atoms with Crippen molar-refractivity contribution in [2.45, 2.75) is 53.0 Å². The Morgan fingerprint density at radius 2 is 1.96 bits per heavy atom. The zero-order valence-corrected chi connectivity index (χ0v) is 15.8. The predicted molar refractivity (Wildman–Crippen MR) is 101 cm³/mol. The molecule has 7 heteroatoms. The molecule has 0 atom stereocenters. The third kappa shape index (κ3) is 3.18. The maximum atomic E-state index is 13.2. The second-order valence-electron chi connectivity index (χ2n) is 7.43. The summed E-state index contributed by atoms with van der Waals surface area (Å²) in [5, 5.41) is 0.208. The molecule has 0 bridgehead atoms. The van der Waals surface area contributed by atoms with Gasteiger partial charge in [0.1, 0.15) is 0 Å². The standard InChI is InChI=1S/C19H26N4O3/c1-5-23-16-15(17(24)21-19(23)26)13(10-14(20-16)11(2)3)18(25)22-8-6-12(4)7-9-22/h10-12H,5-9H2,1-4H3,(H,21,24,26). The lowest BCUT2D eigenvalue weighted by molar-refractivity contribution is 0.0699. The van der Waals surface area contributed by atoms with Crippen LogP contribution in [0.15, 0.2) is 15.7 Å². The molecule has 0 aliphatic carbocycles. The Morgan fingerprint density at radius 3 is 2.54 bits per heavy atom. The molecule has 0 aromatic carbocycles. The molecule has 0 saturated carbocycles. The molecule has 3 rings (SSSR count). The first-order valence-electron chi connectivity index (χ1n) is 9.30. The van der Waals surface area contributed by atoms with Crippen molar-refractivity contribution in [3.8, 4) is 0 Å². The molecule has 0 spiro atoms. The topological polar surface area (TPSA) is 88.1 Å². The van der Waals surface area contributed by atoms with E-state index in [-0.39, 0.29) is 17.2 Å². The molecule has 1 amide bonds. The van der Waals surface area contributed by atoms with Crippen LogP contribution < -0.4 is 11.2 Å². The fraction of sp³-hybridized carbons (Fsp3) is 0.579. The summed E-state index contributed by atoms with van der Waals surface area (Å²) >= 11 is 0. The van der Waals surface area contributed by atoms with Gasteiger partial charge in [-0.05, 0) is 37.7 Å². The number of H-pyrrole nitrogens is 1. The van der Waals surface area contributed by atoms with Gasteiger partial charge in [0.2, 0.25) is 0 Å². The van der Waals surface area contributed by atoms with E-state index in [1.165, 1.54) is 4.57 Å². The van der Waals surface area contributed by atoms with Gasteiger partial charge in [-0.3, -0.25) is 19.1 Å². The number of nitrogens with one attached hydrogen (secondary N) is 1. The van der Waals surface area contributed by atoms with Gasteiger partial charge in [0.25, 0.3) is 11.5 Å². The van der Waals surface area contributed by atoms with Gasteiger partial charge in [0.05, 0.1) is 10.9 Å². The van der Waals surface area contributed by atoms with Crippen molar-refractivity contribution < 1.29 is 4.79 Å². The maximum Gasteiger partial charge on any atom is 0.329 e. The second-order valence-corrected chi connectivity index (χ2v) is 7.43. The van der Waals surface area contributed by atoms with Crippen molar-refractivity contribution in [2.24, 2.45) is 5.92 Å². The number of likely N-dealkylation sites (tertiary alicyclic amines) is 1. The molecular weight excluding hydrogens is 332 g/mol. The first kappa shape index (κ1) is 18.4. The van der Waals surface area contributed by atoms with E-state index >= 15 is 0 Å². The first-order valence-corrected chi connectivity index (χ1v) is 9.30. The normalized spacial score (nSPS) is 15.8. The number of nitrogens with zero attached hydrogens (tertiary/aromatic N) is 3. The van der Waals surface area contributed by atoms with Crippen LogP contribution in [0, 0.1) is 5.92 Å². The zero-order valence-electron chi connectivity index (χ0n) is 15.8. The summed E-state index contributed by atoms with van der Waals surface area (Å²) < 4.78 is 1.41. The van der Waals surface area contributed by atoms with Crippen LogP contribution in [0.3, 0.4) is 0 Å². The highest BCUT2D eigenvalue weighted by atomic mass is 16.2. The molecule has 0 radical (unpaired) electrons. The number of rotatable bonds is 3. The lowest BCUT2D eigenvalue weighted by Crippen LogP contribution is -2.39. The van der Waals surface area contributed by atoms with Crippen LogP contribution in [0.5, 0.6) is 0 Å². The minimum Gasteiger partial charge on any atom is -0.339 e. The Bertz CT molecular complexity index is 950. The van der Waals surface area contributed by atoms with E-state index in [1.807, 2.05) is 20.8 Å². The van der Waals surface area contributed by atoms with Crippen molar-refractivity contribution in [3.05, 3.63) is 38.2 Å². The molecule has 140 valence electrons. The van der Waals surface area contributed by atoms with E-state index in [2.05, 4.69) is 16.9 Å². The molecule has 7 nitrogen and oxygen atoms in total. The van der Waals surface area contributed by atoms with Crippen LogP contribution in [0.4, 0.5) is 0 Å². The second kappa shape index (κ2) is 7.05. The van der Waals surface area contributed by atoms with Crippen LogP contribution >= 0.6 is 0 Å². The summed E-state index contributed by atoms with van der Waals surface area (Å²) in [4.78, 5) is 46.5. The molecule has 1 aliphatic heterocycles. The lowest BCUT2D eigenvalue weighted by Gasteiger charge is -2.30. The number of hydrogen-bond acceptors (Lipinski definition) is 4. The van der Waals surface area contributed by atoms with Gasteiger partial charge in [-0.25, -0.2) is 9.78 Å². The average Bonchev–Trinajstić information content (AvgIpc) is 2.61. The fourth-order valence-electron chi connectivity index (χ4n) is 3.43. The Kier molecular flexibility index (Phi) is 4.98. The third-order valence-corrected chi connectivity index (χ3v) is 5.18. The highest BCUT2D eigenvalue weighted by Gasteiger charge is 2.26. The average molecular weight is 358 g/mol. The van der Waals surface area contributed by atoms with Crippen LogP contribution in [0.25, 0.3) is 11.0 Å². The van der Waals surface area contributed by atoms with E-state index in [1.54, 1.807) is 11.0 Å².